The molecule has 7 heteroatoms. The molecule has 0 unspecified atom stereocenters. The van der Waals surface area contributed by atoms with Crippen molar-refractivity contribution in [1.82, 2.24) is 10.3 Å². The van der Waals surface area contributed by atoms with Crippen molar-refractivity contribution in [1.29, 1.82) is 0 Å². The lowest BCUT2D eigenvalue weighted by molar-refractivity contribution is 0.0843. The first-order chi connectivity index (χ1) is 11.2. The molecule has 7 nitrogen and oxygen atoms in total. The molecule has 2 N–H and O–H groups in total. The van der Waals surface area contributed by atoms with Crippen molar-refractivity contribution < 1.29 is 24.1 Å². The second-order valence-corrected chi connectivity index (χ2v) is 4.93. The molecule has 3 rings (SSSR count). The van der Waals surface area contributed by atoms with Crippen LogP contribution in [0.1, 0.15) is 10.4 Å². The highest BCUT2D eigenvalue weighted by Gasteiger charge is 2.15. The maximum atomic E-state index is 11.8. The van der Waals surface area contributed by atoms with Gasteiger partial charge >= 0.3 is 0 Å². The number of nitrogens with zero attached hydrogens (tertiary/aromatic N) is 1. The first-order valence-corrected chi connectivity index (χ1v) is 7.11. The summed E-state index contributed by atoms with van der Waals surface area (Å²) in [7, 11) is 0. The van der Waals surface area contributed by atoms with Crippen LogP contribution < -0.4 is 19.5 Å². The number of benzene rings is 1. The number of hydrogen-bond donors (Lipinski definition) is 2. The van der Waals surface area contributed by atoms with E-state index < -0.39 is 6.10 Å². The summed E-state index contributed by atoms with van der Waals surface area (Å²) in [4.78, 5) is 15.7. The summed E-state index contributed by atoms with van der Waals surface area (Å²) in [6, 6.07) is 8.38. The molecule has 120 valence electrons. The van der Waals surface area contributed by atoms with E-state index in [-0.39, 0.29) is 25.9 Å². The van der Waals surface area contributed by atoms with Crippen molar-refractivity contribution in [3.8, 4) is 17.2 Å². The third-order valence-corrected chi connectivity index (χ3v) is 3.23. The van der Waals surface area contributed by atoms with E-state index in [0.29, 0.717) is 22.8 Å². The number of carbonyl (C=O) groups excluding carboxylic acids is 1. The second kappa shape index (κ2) is 6.97. The summed E-state index contributed by atoms with van der Waals surface area (Å²) < 4.78 is 15.9. The highest BCUT2D eigenvalue weighted by Crippen LogP contribution is 2.35. The number of rotatable bonds is 6. The van der Waals surface area contributed by atoms with Gasteiger partial charge in [0.25, 0.3) is 5.91 Å². The number of aliphatic hydroxyl groups excluding tert-OH is 1. The van der Waals surface area contributed by atoms with Crippen LogP contribution in [0.15, 0.2) is 42.7 Å². The number of amides is 1. The van der Waals surface area contributed by atoms with Crippen molar-refractivity contribution in [2.45, 2.75) is 6.10 Å². The number of fused-ring (bicyclic) bond motifs is 1. The summed E-state index contributed by atoms with van der Waals surface area (Å²) in [5.41, 5.74) is 0.490. The minimum atomic E-state index is -0.828. The van der Waals surface area contributed by atoms with Crippen molar-refractivity contribution in [3.63, 3.8) is 0 Å². The van der Waals surface area contributed by atoms with Gasteiger partial charge in [-0.2, -0.15) is 0 Å². The van der Waals surface area contributed by atoms with E-state index in [1.807, 2.05) is 0 Å². The molecule has 1 amide bonds. The third kappa shape index (κ3) is 3.89. The maximum absolute atomic E-state index is 11.8. The minimum Gasteiger partial charge on any atom is -0.491 e. The van der Waals surface area contributed by atoms with Crippen LogP contribution in [0.25, 0.3) is 0 Å². The number of hydrogen-bond acceptors (Lipinski definition) is 6. The van der Waals surface area contributed by atoms with Gasteiger partial charge in [0.2, 0.25) is 6.79 Å². The number of carbonyl (C=O) groups is 1. The lowest BCUT2D eigenvalue weighted by Gasteiger charge is -2.13. The average Bonchev–Trinajstić information content (AvgIpc) is 3.06. The van der Waals surface area contributed by atoms with Gasteiger partial charge in [0.1, 0.15) is 18.5 Å². The molecule has 0 bridgehead atoms. The van der Waals surface area contributed by atoms with Crippen LogP contribution >= 0.6 is 0 Å². The largest absolute Gasteiger partial charge is 0.491 e. The predicted octanol–water partition coefficient (Wildman–Crippen LogP) is 0.980. The van der Waals surface area contributed by atoms with Crippen LogP contribution in [0.4, 0.5) is 0 Å². The zero-order chi connectivity index (χ0) is 16.1. The van der Waals surface area contributed by atoms with E-state index >= 15 is 0 Å². The fraction of sp³-hybridized carbons (Fsp3) is 0.250. The summed E-state index contributed by atoms with van der Waals surface area (Å²) in [5, 5.41) is 12.5. The van der Waals surface area contributed by atoms with Gasteiger partial charge in [-0.15, -0.1) is 0 Å². The highest BCUT2D eigenvalue weighted by molar-refractivity contribution is 5.93. The molecule has 1 aliphatic heterocycles. The molecule has 0 spiro atoms. The Morgan fingerprint density at radius 3 is 2.87 bits per heavy atom. The van der Waals surface area contributed by atoms with Gasteiger partial charge in [-0.3, -0.25) is 9.78 Å². The first-order valence-electron chi connectivity index (χ1n) is 7.11. The molecule has 1 aliphatic rings. The van der Waals surface area contributed by atoms with E-state index in [1.54, 1.807) is 30.3 Å². The molecule has 23 heavy (non-hydrogen) atoms. The van der Waals surface area contributed by atoms with Crippen molar-refractivity contribution in [2.24, 2.45) is 0 Å². The minimum absolute atomic E-state index is 0.0519. The van der Waals surface area contributed by atoms with Crippen LogP contribution in [-0.2, 0) is 0 Å². The second-order valence-electron chi connectivity index (χ2n) is 4.93. The lowest BCUT2D eigenvalue weighted by atomic mass is 10.2. The van der Waals surface area contributed by atoms with E-state index in [9.17, 15) is 9.90 Å². The highest BCUT2D eigenvalue weighted by atomic mass is 16.7. The molecule has 1 atom stereocenters. The molecule has 0 aliphatic carbocycles. The van der Waals surface area contributed by atoms with E-state index in [1.165, 1.54) is 12.4 Å². The first kappa shape index (κ1) is 15.1. The van der Waals surface area contributed by atoms with Gasteiger partial charge in [0.05, 0.1) is 0 Å². The summed E-state index contributed by atoms with van der Waals surface area (Å²) in [6.45, 7) is 0.338. The van der Waals surface area contributed by atoms with Gasteiger partial charge < -0.3 is 24.6 Å². The number of aliphatic hydroxyl groups is 1. The molecule has 0 fully saturated rings. The number of aromatic nitrogens is 1. The van der Waals surface area contributed by atoms with Crippen LogP contribution in [0.3, 0.4) is 0 Å². The average molecular weight is 316 g/mol. The summed E-state index contributed by atoms with van der Waals surface area (Å²) in [5.74, 6) is 1.58. The fourth-order valence-electron chi connectivity index (χ4n) is 2.03. The quantitative estimate of drug-likeness (QED) is 0.826. The Balaban J connectivity index is 1.44. The molecule has 0 saturated heterocycles. The molecule has 0 saturated carbocycles. The Morgan fingerprint density at radius 1 is 1.26 bits per heavy atom. The Labute approximate surface area is 132 Å². The maximum Gasteiger partial charge on any atom is 0.251 e. The lowest BCUT2D eigenvalue weighted by Crippen LogP contribution is -2.35. The number of pyridine rings is 1. The molecule has 1 aromatic heterocycles. The Kier molecular flexibility index (Phi) is 4.58. The normalized spacial score (nSPS) is 13.4. The predicted molar refractivity (Wildman–Crippen MR) is 80.6 cm³/mol. The fourth-order valence-corrected chi connectivity index (χ4v) is 2.03. The van der Waals surface area contributed by atoms with Gasteiger partial charge in [-0.25, -0.2) is 0 Å². The Bertz CT molecular complexity index is 677. The van der Waals surface area contributed by atoms with E-state index in [4.69, 9.17) is 14.2 Å². The van der Waals surface area contributed by atoms with Crippen LogP contribution in [-0.4, -0.2) is 42.0 Å². The Hall–Kier alpha value is -2.80. The number of nitrogens with one attached hydrogen (secondary N) is 1. The topological polar surface area (TPSA) is 89.9 Å². The standard InChI is InChI=1S/C16H16N2O5/c19-12(8-18-16(20)11-3-5-17-6-4-11)9-21-13-1-2-14-15(7-13)23-10-22-14/h1-7,12,19H,8-10H2,(H,18,20)/t12-/m0/s1. The molecular formula is C16H16N2O5. The molecule has 1 aromatic carbocycles. The molecule has 2 aromatic rings. The van der Waals surface area contributed by atoms with Crippen LogP contribution in [0.5, 0.6) is 17.2 Å². The summed E-state index contributed by atoms with van der Waals surface area (Å²) in [6.07, 6.45) is 2.24. The third-order valence-electron chi connectivity index (χ3n) is 3.23. The molecular weight excluding hydrogens is 300 g/mol. The monoisotopic (exact) mass is 316 g/mol. The zero-order valence-electron chi connectivity index (χ0n) is 12.3. The van der Waals surface area contributed by atoms with E-state index in [2.05, 4.69) is 10.3 Å². The van der Waals surface area contributed by atoms with Crippen molar-refractivity contribution >= 4 is 5.91 Å². The SMILES string of the molecule is O=C(NC[C@H](O)COc1ccc2c(c1)OCO2)c1ccncc1. The van der Waals surface area contributed by atoms with Gasteiger partial charge in [0, 0.05) is 30.6 Å². The summed E-state index contributed by atoms with van der Waals surface area (Å²) >= 11 is 0. The smallest absolute Gasteiger partial charge is 0.251 e. The van der Waals surface area contributed by atoms with Crippen molar-refractivity contribution in [3.05, 3.63) is 48.3 Å². The van der Waals surface area contributed by atoms with Gasteiger partial charge in [-0.1, -0.05) is 0 Å². The van der Waals surface area contributed by atoms with Crippen molar-refractivity contribution in [2.75, 3.05) is 19.9 Å². The van der Waals surface area contributed by atoms with Gasteiger partial charge in [0.15, 0.2) is 11.5 Å². The van der Waals surface area contributed by atoms with Gasteiger partial charge in [-0.05, 0) is 24.3 Å². The zero-order valence-corrected chi connectivity index (χ0v) is 12.3. The Morgan fingerprint density at radius 2 is 2.04 bits per heavy atom. The van der Waals surface area contributed by atoms with E-state index in [0.717, 1.165) is 0 Å². The van der Waals surface area contributed by atoms with Crippen LogP contribution in [0, 0.1) is 0 Å². The number of ether oxygens (including phenoxy) is 3. The molecule has 0 radical (unpaired) electrons. The molecule has 2 heterocycles. The van der Waals surface area contributed by atoms with Crippen LogP contribution in [0.2, 0.25) is 0 Å².